The number of furan rings is 1. The Morgan fingerprint density at radius 3 is 2.68 bits per heavy atom. The van der Waals surface area contributed by atoms with Crippen molar-refractivity contribution in [3.8, 4) is 11.3 Å². The second-order valence-corrected chi connectivity index (χ2v) is 6.61. The molecule has 5 nitrogen and oxygen atoms in total. The molecule has 0 unspecified atom stereocenters. The Balaban J connectivity index is 1.44. The molecule has 0 bridgehead atoms. The van der Waals surface area contributed by atoms with Gasteiger partial charge in [0.05, 0.1) is 6.54 Å². The number of fused-ring (bicyclic) bond motifs is 1. The van der Waals surface area contributed by atoms with Crippen molar-refractivity contribution in [3.05, 3.63) is 84.0 Å². The first-order valence-electron chi connectivity index (χ1n) is 8.96. The maximum absolute atomic E-state index is 13.0. The lowest BCUT2D eigenvalue weighted by atomic mass is 10.0. The van der Waals surface area contributed by atoms with Crippen LogP contribution in [0.3, 0.4) is 0 Å². The summed E-state index contributed by atoms with van der Waals surface area (Å²) in [6.07, 6.45) is 2.20. The number of halogens is 1. The first-order valence-corrected chi connectivity index (χ1v) is 8.96. The van der Waals surface area contributed by atoms with Gasteiger partial charge in [0.2, 0.25) is 0 Å². The van der Waals surface area contributed by atoms with Crippen molar-refractivity contribution in [2.24, 2.45) is 0 Å². The molecule has 0 aliphatic carbocycles. The zero-order chi connectivity index (χ0) is 19.5. The molecule has 6 heteroatoms. The summed E-state index contributed by atoms with van der Waals surface area (Å²) in [5.41, 5.74) is 2.69. The van der Waals surface area contributed by atoms with E-state index in [1.807, 2.05) is 30.5 Å². The summed E-state index contributed by atoms with van der Waals surface area (Å²) in [6.45, 7) is 0.278. The molecule has 2 heterocycles. The number of para-hydroxylation sites is 1. The van der Waals surface area contributed by atoms with Crippen LogP contribution < -0.4 is 5.32 Å². The zero-order valence-corrected chi connectivity index (χ0v) is 15.0. The molecular formula is C22H19FN2O3. The number of hydrogen-bond donors (Lipinski definition) is 3. The van der Waals surface area contributed by atoms with E-state index >= 15 is 0 Å². The molecule has 0 aliphatic rings. The highest BCUT2D eigenvalue weighted by Crippen LogP contribution is 2.23. The molecule has 4 rings (SSSR count). The minimum Gasteiger partial charge on any atom is -0.480 e. The van der Waals surface area contributed by atoms with E-state index in [0.29, 0.717) is 17.9 Å². The van der Waals surface area contributed by atoms with Gasteiger partial charge in [-0.3, -0.25) is 10.1 Å². The molecule has 2 aromatic carbocycles. The van der Waals surface area contributed by atoms with E-state index < -0.39 is 12.0 Å². The quantitative estimate of drug-likeness (QED) is 0.447. The van der Waals surface area contributed by atoms with Crippen molar-refractivity contribution in [3.63, 3.8) is 0 Å². The Hall–Kier alpha value is -3.38. The Bertz CT molecular complexity index is 1100. The predicted molar refractivity (Wildman–Crippen MR) is 104 cm³/mol. The number of carbonyl (C=O) groups is 1. The van der Waals surface area contributed by atoms with Gasteiger partial charge >= 0.3 is 5.97 Å². The molecule has 1 atom stereocenters. The second kappa shape index (κ2) is 7.70. The average molecular weight is 378 g/mol. The fraction of sp³-hybridized carbons (Fsp3) is 0.136. The first-order chi connectivity index (χ1) is 13.6. The molecule has 0 saturated heterocycles. The van der Waals surface area contributed by atoms with Crippen LogP contribution in [0.25, 0.3) is 22.2 Å². The predicted octanol–water partition coefficient (Wildman–Crippen LogP) is 4.35. The lowest BCUT2D eigenvalue weighted by molar-refractivity contribution is -0.139. The van der Waals surface area contributed by atoms with Gasteiger partial charge in [-0.05, 0) is 48.0 Å². The van der Waals surface area contributed by atoms with Crippen LogP contribution in [-0.4, -0.2) is 22.1 Å². The molecule has 3 N–H and O–H groups in total. The Morgan fingerprint density at radius 2 is 1.89 bits per heavy atom. The van der Waals surface area contributed by atoms with E-state index in [4.69, 9.17) is 4.42 Å². The molecule has 142 valence electrons. The van der Waals surface area contributed by atoms with Gasteiger partial charge in [0, 0.05) is 29.1 Å². The summed E-state index contributed by atoms with van der Waals surface area (Å²) in [5, 5.41) is 13.7. The van der Waals surface area contributed by atoms with Crippen molar-refractivity contribution >= 4 is 16.9 Å². The highest BCUT2D eigenvalue weighted by Gasteiger charge is 2.20. The fourth-order valence-electron chi connectivity index (χ4n) is 3.23. The van der Waals surface area contributed by atoms with E-state index in [1.165, 1.54) is 12.1 Å². The highest BCUT2D eigenvalue weighted by molar-refractivity contribution is 5.84. The maximum atomic E-state index is 13.0. The van der Waals surface area contributed by atoms with Gasteiger partial charge in [-0.15, -0.1) is 0 Å². The number of aromatic amines is 1. The van der Waals surface area contributed by atoms with Gasteiger partial charge < -0.3 is 14.5 Å². The highest BCUT2D eigenvalue weighted by atomic mass is 19.1. The Morgan fingerprint density at radius 1 is 1.11 bits per heavy atom. The largest absolute Gasteiger partial charge is 0.480 e. The SMILES string of the molecule is O=C(O)[C@@H](Cc1c[nH]c2ccccc12)NCc1ccc(-c2ccc(F)cc2)o1. The summed E-state index contributed by atoms with van der Waals surface area (Å²) in [6, 6.07) is 16.7. The second-order valence-electron chi connectivity index (χ2n) is 6.61. The number of aromatic nitrogens is 1. The summed E-state index contributed by atoms with van der Waals surface area (Å²) >= 11 is 0. The van der Waals surface area contributed by atoms with E-state index in [1.54, 1.807) is 24.3 Å². The third kappa shape index (κ3) is 3.82. The molecule has 0 spiro atoms. The molecule has 0 radical (unpaired) electrons. The summed E-state index contributed by atoms with van der Waals surface area (Å²) < 4.78 is 18.8. The van der Waals surface area contributed by atoms with Crippen LogP contribution in [0.1, 0.15) is 11.3 Å². The van der Waals surface area contributed by atoms with Gasteiger partial charge in [-0.1, -0.05) is 18.2 Å². The van der Waals surface area contributed by atoms with Gasteiger partial charge in [0.1, 0.15) is 23.4 Å². The number of nitrogens with one attached hydrogen (secondary N) is 2. The lowest BCUT2D eigenvalue weighted by Crippen LogP contribution is -2.37. The van der Waals surface area contributed by atoms with Gasteiger partial charge in [-0.25, -0.2) is 4.39 Å². The number of carboxylic acids is 1. The minimum atomic E-state index is -0.921. The molecule has 0 fully saturated rings. The number of hydrogen-bond acceptors (Lipinski definition) is 3. The molecule has 4 aromatic rings. The number of carboxylic acid groups (broad SMARTS) is 1. The smallest absolute Gasteiger partial charge is 0.321 e. The number of aliphatic carboxylic acids is 1. The van der Waals surface area contributed by atoms with E-state index in [2.05, 4.69) is 10.3 Å². The molecule has 0 aliphatic heterocycles. The topological polar surface area (TPSA) is 78.3 Å². The van der Waals surface area contributed by atoms with Crippen LogP contribution in [-0.2, 0) is 17.8 Å². The number of H-pyrrole nitrogens is 1. The van der Waals surface area contributed by atoms with Crippen LogP contribution in [0.5, 0.6) is 0 Å². The lowest BCUT2D eigenvalue weighted by Gasteiger charge is -2.13. The van der Waals surface area contributed by atoms with Crippen molar-refractivity contribution in [2.75, 3.05) is 0 Å². The van der Waals surface area contributed by atoms with Crippen LogP contribution in [0.4, 0.5) is 4.39 Å². The van der Waals surface area contributed by atoms with Gasteiger partial charge in [0.25, 0.3) is 0 Å². The Labute approximate surface area is 160 Å². The third-order valence-corrected chi connectivity index (χ3v) is 4.71. The molecule has 0 amide bonds. The zero-order valence-electron chi connectivity index (χ0n) is 15.0. The van der Waals surface area contributed by atoms with Gasteiger partial charge in [0.15, 0.2) is 0 Å². The van der Waals surface area contributed by atoms with Crippen molar-refractivity contribution in [2.45, 2.75) is 19.0 Å². The summed E-state index contributed by atoms with van der Waals surface area (Å²) in [7, 11) is 0. The summed E-state index contributed by atoms with van der Waals surface area (Å²) in [5.74, 6) is -0.000761. The van der Waals surface area contributed by atoms with Crippen LogP contribution in [0.2, 0.25) is 0 Å². The van der Waals surface area contributed by atoms with Crippen LogP contribution in [0.15, 0.2) is 71.3 Å². The van der Waals surface area contributed by atoms with Crippen LogP contribution >= 0.6 is 0 Å². The standard InChI is InChI=1S/C22H19FN2O3/c23-16-7-5-14(6-8-16)21-10-9-17(28-21)13-25-20(22(26)27)11-15-12-24-19-4-2-1-3-18(15)19/h1-10,12,20,24-25H,11,13H2,(H,26,27)/t20-/m1/s1. The molecular weight excluding hydrogens is 359 g/mol. The fourth-order valence-corrected chi connectivity index (χ4v) is 3.23. The Kier molecular flexibility index (Phi) is 4.95. The third-order valence-electron chi connectivity index (χ3n) is 4.71. The summed E-state index contributed by atoms with van der Waals surface area (Å²) in [4.78, 5) is 14.9. The van der Waals surface area contributed by atoms with E-state index in [0.717, 1.165) is 22.0 Å². The van der Waals surface area contributed by atoms with Gasteiger partial charge in [-0.2, -0.15) is 0 Å². The van der Waals surface area contributed by atoms with Crippen molar-refractivity contribution in [1.82, 2.24) is 10.3 Å². The van der Waals surface area contributed by atoms with Crippen molar-refractivity contribution in [1.29, 1.82) is 0 Å². The monoisotopic (exact) mass is 378 g/mol. The number of rotatable bonds is 7. The maximum Gasteiger partial charge on any atom is 0.321 e. The van der Waals surface area contributed by atoms with E-state index in [9.17, 15) is 14.3 Å². The minimum absolute atomic E-state index is 0.278. The normalized spacial score (nSPS) is 12.3. The van der Waals surface area contributed by atoms with E-state index in [-0.39, 0.29) is 12.4 Å². The average Bonchev–Trinajstić information content (AvgIpc) is 3.33. The van der Waals surface area contributed by atoms with Crippen LogP contribution in [0, 0.1) is 5.82 Å². The van der Waals surface area contributed by atoms with Crippen molar-refractivity contribution < 1.29 is 18.7 Å². The molecule has 28 heavy (non-hydrogen) atoms. The number of benzene rings is 2. The molecule has 0 saturated carbocycles. The molecule has 2 aromatic heterocycles. The first kappa shape index (κ1) is 18.0.